The Morgan fingerprint density at radius 1 is 1.12 bits per heavy atom. The zero-order valence-electron chi connectivity index (χ0n) is 13.1. The SMILES string of the molecule is Clc1ccc(CC(CCn2ccnc2)Sc2ccccc2Br)cc1. The lowest BCUT2D eigenvalue weighted by Gasteiger charge is -2.18. The highest BCUT2D eigenvalue weighted by Gasteiger charge is 2.14. The number of halogens is 2. The van der Waals surface area contributed by atoms with E-state index in [2.05, 4.69) is 55.8 Å². The van der Waals surface area contributed by atoms with Gasteiger partial charge in [0.1, 0.15) is 0 Å². The number of imidazole rings is 1. The summed E-state index contributed by atoms with van der Waals surface area (Å²) in [5.74, 6) is 0. The maximum absolute atomic E-state index is 6.01. The van der Waals surface area contributed by atoms with Gasteiger partial charge >= 0.3 is 0 Å². The van der Waals surface area contributed by atoms with Crippen LogP contribution in [-0.4, -0.2) is 14.8 Å². The van der Waals surface area contributed by atoms with Crippen LogP contribution in [0.5, 0.6) is 0 Å². The van der Waals surface area contributed by atoms with Gasteiger partial charge < -0.3 is 4.57 Å². The maximum Gasteiger partial charge on any atom is 0.0945 e. The van der Waals surface area contributed by atoms with Crippen LogP contribution < -0.4 is 0 Å². The van der Waals surface area contributed by atoms with Gasteiger partial charge in [0.05, 0.1) is 6.33 Å². The van der Waals surface area contributed by atoms with Crippen molar-refractivity contribution in [2.75, 3.05) is 0 Å². The van der Waals surface area contributed by atoms with Crippen LogP contribution in [0.4, 0.5) is 0 Å². The van der Waals surface area contributed by atoms with Crippen LogP contribution in [0.1, 0.15) is 12.0 Å². The Morgan fingerprint density at radius 3 is 2.62 bits per heavy atom. The number of nitrogens with zero attached hydrogens (tertiary/aromatic N) is 2. The van der Waals surface area contributed by atoms with Gasteiger partial charge in [0.2, 0.25) is 0 Å². The van der Waals surface area contributed by atoms with Gasteiger partial charge in [0, 0.05) is 38.6 Å². The summed E-state index contributed by atoms with van der Waals surface area (Å²) >= 11 is 11.6. The van der Waals surface area contributed by atoms with Gasteiger partial charge in [0.25, 0.3) is 0 Å². The van der Waals surface area contributed by atoms with E-state index in [4.69, 9.17) is 11.6 Å². The molecule has 0 amide bonds. The molecule has 0 fully saturated rings. The summed E-state index contributed by atoms with van der Waals surface area (Å²) < 4.78 is 3.29. The highest BCUT2D eigenvalue weighted by atomic mass is 79.9. The quantitative estimate of drug-likeness (QED) is 0.429. The van der Waals surface area contributed by atoms with E-state index in [0.717, 1.165) is 28.9 Å². The first-order chi connectivity index (χ1) is 11.7. The smallest absolute Gasteiger partial charge is 0.0945 e. The number of aromatic nitrogens is 2. The summed E-state index contributed by atoms with van der Waals surface area (Å²) in [5.41, 5.74) is 1.31. The fourth-order valence-corrected chi connectivity index (χ4v) is 4.41. The summed E-state index contributed by atoms with van der Waals surface area (Å²) in [7, 11) is 0. The fraction of sp³-hybridized carbons (Fsp3) is 0.211. The van der Waals surface area contributed by atoms with Gasteiger partial charge in [-0.15, -0.1) is 11.8 Å². The van der Waals surface area contributed by atoms with Crippen molar-refractivity contribution in [3.63, 3.8) is 0 Å². The van der Waals surface area contributed by atoms with Crippen molar-refractivity contribution < 1.29 is 0 Å². The molecule has 3 aromatic rings. The predicted molar refractivity (Wildman–Crippen MR) is 106 cm³/mol. The normalized spacial score (nSPS) is 12.2. The lowest BCUT2D eigenvalue weighted by Crippen LogP contribution is -2.11. The summed E-state index contributed by atoms with van der Waals surface area (Å²) in [5, 5.41) is 1.26. The molecule has 24 heavy (non-hydrogen) atoms. The Hall–Kier alpha value is -1.23. The van der Waals surface area contributed by atoms with Crippen molar-refractivity contribution in [2.45, 2.75) is 29.5 Å². The molecule has 2 nitrogen and oxygen atoms in total. The third-order valence-electron chi connectivity index (χ3n) is 3.78. The molecule has 0 spiro atoms. The first kappa shape index (κ1) is 17.6. The van der Waals surface area contributed by atoms with E-state index in [9.17, 15) is 0 Å². The Labute approximate surface area is 160 Å². The summed E-state index contributed by atoms with van der Waals surface area (Å²) in [4.78, 5) is 5.41. The monoisotopic (exact) mass is 420 g/mol. The first-order valence-electron chi connectivity index (χ1n) is 7.82. The standard InChI is InChI=1S/C19H18BrClN2S/c20-18-3-1-2-4-19(18)24-17(9-11-23-12-10-22-14-23)13-15-5-7-16(21)8-6-15/h1-8,10,12,14,17H,9,11,13H2. The molecule has 0 aliphatic carbocycles. The number of thioether (sulfide) groups is 1. The summed E-state index contributed by atoms with van der Waals surface area (Å²) in [6.45, 7) is 0.968. The van der Waals surface area contributed by atoms with E-state index in [1.54, 1.807) is 0 Å². The van der Waals surface area contributed by atoms with Gasteiger partial charge in [-0.1, -0.05) is 35.9 Å². The Bertz CT molecular complexity index is 759. The van der Waals surface area contributed by atoms with Crippen molar-refractivity contribution in [3.05, 3.63) is 82.3 Å². The lowest BCUT2D eigenvalue weighted by atomic mass is 10.1. The van der Waals surface area contributed by atoms with E-state index in [0.29, 0.717) is 5.25 Å². The number of aryl methyl sites for hydroxylation is 1. The van der Waals surface area contributed by atoms with Crippen molar-refractivity contribution >= 4 is 39.3 Å². The lowest BCUT2D eigenvalue weighted by molar-refractivity contribution is 0.619. The summed E-state index contributed by atoms with van der Waals surface area (Å²) in [6, 6.07) is 16.6. The molecular formula is C19H18BrClN2S. The Balaban J connectivity index is 1.72. The number of benzene rings is 2. The minimum atomic E-state index is 0.479. The summed E-state index contributed by atoms with van der Waals surface area (Å²) in [6.07, 6.45) is 7.81. The van der Waals surface area contributed by atoms with Crippen molar-refractivity contribution in [2.24, 2.45) is 0 Å². The molecule has 0 N–H and O–H groups in total. The van der Waals surface area contributed by atoms with Gasteiger partial charge in [-0.2, -0.15) is 0 Å². The Morgan fingerprint density at radius 2 is 1.92 bits per heavy atom. The fourth-order valence-electron chi connectivity index (χ4n) is 2.52. The average molecular weight is 422 g/mol. The number of hydrogen-bond donors (Lipinski definition) is 0. The third kappa shape index (κ3) is 5.13. The van der Waals surface area contributed by atoms with E-state index in [-0.39, 0.29) is 0 Å². The van der Waals surface area contributed by atoms with Gasteiger partial charge in [-0.05, 0) is 58.6 Å². The predicted octanol–water partition coefficient (Wildman–Crippen LogP) is 6.09. The molecule has 0 aliphatic rings. The van der Waals surface area contributed by atoms with Crippen LogP contribution in [0.15, 0.2) is 76.6 Å². The third-order valence-corrected chi connectivity index (χ3v) is 6.33. The molecule has 0 saturated heterocycles. The molecule has 124 valence electrons. The van der Waals surface area contributed by atoms with E-state index in [1.165, 1.54) is 10.5 Å². The number of hydrogen-bond acceptors (Lipinski definition) is 2. The molecule has 0 radical (unpaired) electrons. The molecule has 1 atom stereocenters. The molecule has 1 aromatic heterocycles. The maximum atomic E-state index is 6.01. The van der Waals surface area contributed by atoms with Crippen LogP contribution >= 0.6 is 39.3 Å². The molecule has 0 saturated carbocycles. The molecule has 0 bridgehead atoms. The second kappa shape index (κ2) is 8.75. The molecule has 0 aliphatic heterocycles. The van der Waals surface area contributed by atoms with Crippen molar-refractivity contribution in [1.82, 2.24) is 9.55 Å². The van der Waals surface area contributed by atoms with Crippen molar-refractivity contribution in [3.8, 4) is 0 Å². The highest BCUT2D eigenvalue weighted by molar-refractivity contribution is 9.10. The molecule has 1 heterocycles. The van der Waals surface area contributed by atoms with E-state index in [1.807, 2.05) is 48.7 Å². The topological polar surface area (TPSA) is 17.8 Å². The zero-order valence-corrected chi connectivity index (χ0v) is 16.3. The van der Waals surface area contributed by atoms with E-state index >= 15 is 0 Å². The molecular weight excluding hydrogens is 404 g/mol. The molecule has 3 rings (SSSR count). The van der Waals surface area contributed by atoms with Crippen LogP contribution in [0, 0.1) is 0 Å². The average Bonchev–Trinajstić information content (AvgIpc) is 3.10. The van der Waals surface area contributed by atoms with Gasteiger partial charge in [-0.25, -0.2) is 4.98 Å². The minimum absolute atomic E-state index is 0.479. The van der Waals surface area contributed by atoms with Crippen LogP contribution in [-0.2, 0) is 13.0 Å². The molecule has 5 heteroatoms. The van der Waals surface area contributed by atoms with Crippen LogP contribution in [0.2, 0.25) is 5.02 Å². The molecule has 1 unspecified atom stereocenters. The Kier molecular flexibility index (Phi) is 6.41. The zero-order chi connectivity index (χ0) is 16.8. The number of rotatable bonds is 7. The highest BCUT2D eigenvalue weighted by Crippen LogP contribution is 2.33. The van der Waals surface area contributed by atoms with E-state index < -0.39 is 0 Å². The second-order valence-corrected chi connectivity index (χ2v) is 8.22. The van der Waals surface area contributed by atoms with Crippen LogP contribution in [0.3, 0.4) is 0 Å². The van der Waals surface area contributed by atoms with Crippen molar-refractivity contribution in [1.29, 1.82) is 0 Å². The van der Waals surface area contributed by atoms with Gasteiger partial charge in [-0.3, -0.25) is 0 Å². The largest absolute Gasteiger partial charge is 0.337 e. The van der Waals surface area contributed by atoms with Crippen LogP contribution in [0.25, 0.3) is 0 Å². The van der Waals surface area contributed by atoms with Gasteiger partial charge in [0.15, 0.2) is 0 Å². The second-order valence-electron chi connectivity index (χ2n) is 5.59. The molecule has 2 aromatic carbocycles. The first-order valence-corrected chi connectivity index (χ1v) is 9.87. The minimum Gasteiger partial charge on any atom is -0.337 e.